The molecule has 0 amide bonds. The molecule has 1 fully saturated rings. The molecular formula is C10H21N. The molecule has 1 nitrogen and oxygen atoms in total. The van der Waals surface area contributed by atoms with E-state index in [0.29, 0.717) is 11.5 Å². The number of nitrogens with one attached hydrogen (secondary N) is 1. The monoisotopic (exact) mass is 155 g/mol. The molecule has 0 aromatic heterocycles. The van der Waals surface area contributed by atoms with E-state index in [1.165, 1.54) is 19.3 Å². The van der Waals surface area contributed by atoms with E-state index in [1.807, 2.05) is 0 Å². The van der Waals surface area contributed by atoms with Crippen LogP contribution in [0.5, 0.6) is 0 Å². The van der Waals surface area contributed by atoms with E-state index in [-0.39, 0.29) is 0 Å². The smallest absolute Gasteiger partial charge is 0.0115 e. The fourth-order valence-electron chi connectivity index (χ4n) is 1.59. The lowest BCUT2D eigenvalue weighted by Gasteiger charge is -2.30. The lowest BCUT2D eigenvalue weighted by atomic mass is 9.84. The number of hydrogen-bond acceptors (Lipinski definition) is 1. The first-order valence-electron chi connectivity index (χ1n) is 4.71. The van der Waals surface area contributed by atoms with E-state index in [4.69, 9.17) is 0 Å². The second-order valence-corrected chi connectivity index (χ2v) is 4.89. The van der Waals surface area contributed by atoms with Crippen molar-refractivity contribution in [3.05, 3.63) is 0 Å². The molecule has 0 aromatic rings. The number of hydrogen-bond donors (Lipinski definition) is 1. The zero-order chi connectivity index (χ0) is 8.48. The average molecular weight is 155 g/mol. The summed E-state index contributed by atoms with van der Waals surface area (Å²) in [4.78, 5) is 0. The Bertz CT molecular complexity index is 119. The summed E-state index contributed by atoms with van der Waals surface area (Å²) < 4.78 is 0. The molecular weight excluding hydrogens is 134 g/mol. The van der Waals surface area contributed by atoms with E-state index >= 15 is 0 Å². The van der Waals surface area contributed by atoms with Crippen LogP contribution >= 0.6 is 0 Å². The summed E-state index contributed by atoms with van der Waals surface area (Å²) in [7, 11) is 2.08. The summed E-state index contributed by atoms with van der Waals surface area (Å²) in [6, 6.07) is 0.704. The fourth-order valence-corrected chi connectivity index (χ4v) is 1.59. The molecule has 1 N–H and O–H groups in total. The average Bonchev–Trinajstić information content (AvgIpc) is 2.62. The summed E-state index contributed by atoms with van der Waals surface area (Å²) in [5, 5.41) is 3.41. The van der Waals surface area contributed by atoms with Crippen LogP contribution in [-0.4, -0.2) is 13.1 Å². The molecule has 1 atom stereocenters. The van der Waals surface area contributed by atoms with Gasteiger partial charge in [0.2, 0.25) is 0 Å². The molecule has 0 aromatic carbocycles. The van der Waals surface area contributed by atoms with Crippen LogP contribution < -0.4 is 5.32 Å². The molecule has 1 heteroatoms. The summed E-state index contributed by atoms with van der Waals surface area (Å²) in [6.45, 7) is 6.95. The highest BCUT2D eigenvalue weighted by Crippen LogP contribution is 2.37. The maximum Gasteiger partial charge on any atom is 0.0115 e. The Hall–Kier alpha value is -0.0400. The van der Waals surface area contributed by atoms with Crippen LogP contribution in [0.2, 0.25) is 0 Å². The topological polar surface area (TPSA) is 12.0 Å². The molecule has 1 aliphatic rings. The third-order valence-corrected chi connectivity index (χ3v) is 2.66. The highest BCUT2D eigenvalue weighted by atomic mass is 14.9. The van der Waals surface area contributed by atoms with Gasteiger partial charge in [-0.25, -0.2) is 0 Å². The minimum absolute atomic E-state index is 0.428. The van der Waals surface area contributed by atoms with E-state index in [1.54, 1.807) is 0 Å². The van der Waals surface area contributed by atoms with E-state index in [9.17, 15) is 0 Å². The van der Waals surface area contributed by atoms with Gasteiger partial charge in [-0.15, -0.1) is 0 Å². The van der Waals surface area contributed by atoms with Crippen molar-refractivity contribution in [3.63, 3.8) is 0 Å². The molecule has 66 valence electrons. The van der Waals surface area contributed by atoms with Crippen molar-refractivity contribution in [2.45, 2.75) is 46.1 Å². The van der Waals surface area contributed by atoms with Crippen LogP contribution in [0.4, 0.5) is 0 Å². The number of rotatable bonds is 3. The Balaban J connectivity index is 2.34. The lowest BCUT2D eigenvalue weighted by molar-refractivity contribution is 0.259. The summed E-state index contributed by atoms with van der Waals surface area (Å²) >= 11 is 0. The molecule has 11 heavy (non-hydrogen) atoms. The van der Waals surface area contributed by atoms with Crippen LogP contribution in [-0.2, 0) is 0 Å². The Kier molecular flexibility index (Phi) is 2.58. The SMILES string of the molecule is CNC(CC1CC1)C(C)(C)C. The first-order chi connectivity index (χ1) is 5.04. The normalized spacial score (nSPS) is 21.8. The summed E-state index contributed by atoms with van der Waals surface area (Å²) in [6.07, 6.45) is 4.31. The molecule has 0 radical (unpaired) electrons. The molecule has 1 saturated carbocycles. The van der Waals surface area contributed by atoms with Crippen molar-refractivity contribution in [1.29, 1.82) is 0 Å². The van der Waals surface area contributed by atoms with Crippen molar-refractivity contribution < 1.29 is 0 Å². The lowest BCUT2D eigenvalue weighted by Crippen LogP contribution is -2.38. The Morgan fingerprint density at radius 1 is 1.36 bits per heavy atom. The van der Waals surface area contributed by atoms with Gasteiger partial charge in [-0.05, 0) is 24.8 Å². The molecule has 1 aliphatic carbocycles. The van der Waals surface area contributed by atoms with Gasteiger partial charge in [0.15, 0.2) is 0 Å². The van der Waals surface area contributed by atoms with E-state index in [2.05, 4.69) is 33.1 Å². The van der Waals surface area contributed by atoms with Gasteiger partial charge >= 0.3 is 0 Å². The van der Waals surface area contributed by atoms with Gasteiger partial charge in [0.1, 0.15) is 0 Å². The summed E-state index contributed by atoms with van der Waals surface area (Å²) in [5.74, 6) is 1.03. The Labute approximate surface area is 70.6 Å². The third kappa shape index (κ3) is 2.82. The van der Waals surface area contributed by atoms with Crippen LogP contribution in [0.1, 0.15) is 40.0 Å². The molecule has 0 aliphatic heterocycles. The predicted molar refractivity (Wildman–Crippen MR) is 49.6 cm³/mol. The van der Waals surface area contributed by atoms with Crippen molar-refractivity contribution >= 4 is 0 Å². The second kappa shape index (κ2) is 3.14. The van der Waals surface area contributed by atoms with Crippen molar-refractivity contribution in [2.24, 2.45) is 11.3 Å². The molecule has 0 heterocycles. The minimum Gasteiger partial charge on any atom is -0.316 e. The largest absolute Gasteiger partial charge is 0.316 e. The molecule has 0 bridgehead atoms. The van der Waals surface area contributed by atoms with Crippen LogP contribution in [0, 0.1) is 11.3 Å². The van der Waals surface area contributed by atoms with Crippen LogP contribution in [0.15, 0.2) is 0 Å². The minimum atomic E-state index is 0.428. The first kappa shape index (κ1) is 9.05. The van der Waals surface area contributed by atoms with Crippen molar-refractivity contribution in [3.8, 4) is 0 Å². The van der Waals surface area contributed by atoms with Crippen molar-refractivity contribution in [2.75, 3.05) is 7.05 Å². The Morgan fingerprint density at radius 2 is 1.91 bits per heavy atom. The van der Waals surface area contributed by atoms with E-state index in [0.717, 1.165) is 5.92 Å². The molecule has 0 saturated heterocycles. The molecule has 1 unspecified atom stereocenters. The zero-order valence-electron chi connectivity index (χ0n) is 8.28. The molecule has 0 spiro atoms. The fraction of sp³-hybridized carbons (Fsp3) is 1.00. The standard InChI is InChI=1S/C10H21N/c1-10(2,3)9(11-4)7-8-5-6-8/h8-9,11H,5-7H2,1-4H3. The third-order valence-electron chi connectivity index (χ3n) is 2.66. The van der Waals surface area contributed by atoms with Gasteiger partial charge in [-0.3, -0.25) is 0 Å². The highest BCUT2D eigenvalue weighted by molar-refractivity contribution is 4.86. The van der Waals surface area contributed by atoms with Gasteiger partial charge in [0, 0.05) is 6.04 Å². The maximum atomic E-state index is 3.41. The van der Waals surface area contributed by atoms with Crippen LogP contribution in [0.3, 0.4) is 0 Å². The summed E-state index contributed by atoms with van der Waals surface area (Å²) in [5.41, 5.74) is 0.428. The van der Waals surface area contributed by atoms with Crippen LogP contribution in [0.25, 0.3) is 0 Å². The quantitative estimate of drug-likeness (QED) is 0.660. The van der Waals surface area contributed by atoms with Gasteiger partial charge in [0.25, 0.3) is 0 Å². The van der Waals surface area contributed by atoms with Gasteiger partial charge in [-0.1, -0.05) is 33.6 Å². The second-order valence-electron chi connectivity index (χ2n) is 4.89. The van der Waals surface area contributed by atoms with Gasteiger partial charge in [0.05, 0.1) is 0 Å². The molecule has 1 rings (SSSR count). The van der Waals surface area contributed by atoms with Gasteiger partial charge < -0.3 is 5.32 Å². The van der Waals surface area contributed by atoms with Gasteiger partial charge in [-0.2, -0.15) is 0 Å². The van der Waals surface area contributed by atoms with Crippen molar-refractivity contribution in [1.82, 2.24) is 5.32 Å². The zero-order valence-corrected chi connectivity index (χ0v) is 8.28. The highest BCUT2D eigenvalue weighted by Gasteiger charge is 2.30. The maximum absolute atomic E-state index is 3.41. The predicted octanol–water partition coefficient (Wildman–Crippen LogP) is 2.42. The van der Waals surface area contributed by atoms with E-state index < -0.39 is 0 Å². The first-order valence-corrected chi connectivity index (χ1v) is 4.71. The Morgan fingerprint density at radius 3 is 2.18 bits per heavy atom.